The molecule has 1 N–H and O–H groups in total. The number of aliphatic hydroxyl groups excluding tert-OH is 1. The van der Waals surface area contributed by atoms with E-state index in [2.05, 4.69) is 31.0 Å². The van der Waals surface area contributed by atoms with Crippen molar-refractivity contribution in [1.29, 1.82) is 0 Å². The summed E-state index contributed by atoms with van der Waals surface area (Å²) in [5.74, 6) is -1.16. The van der Waals surface area contributed by atoms with Gasteiger partial charge in [0.1, 0.15) is 5.76 Å². The summed E-state index contributed by atoms with van der Waals surface area (Å²) >= 11 is 8.97. The van der Waals surface area contributed by atoms with Gasteiger partial charge in [-0.25, -0.2) is 0 Å². The van der Waals surface area contributed by atoms with Crippen LogP contribution in [0.25, 0.3) is 5.76 Å². The Kier molecular flexibility index (Phi) is 7.62. The van der Waals surface area contributed by atoms with Crippen LogP contribution in [0.3, 0.4) is 0 Å². The summed E-state index contributed by atoms with van der Waals surface area (Å²) < 4.78 is 0.636. The summed E-state index contributed by atoms with van der Waals surface area (Å²) in [6.45, 7) is 6.35. The minimum Gasteiger partial charge on any atom is -0.507 e. The first-order valence-electron chi connectivity index (χ1n) is 12.3. The molecule has 39 heavy (non-hydrogen) atoms. The first-order valence-corrected chi connectivity index (χ1v) is 14.5. The van der Waals surface area contributed by atoms with Crippen molar-refractivity contribution < 1.29 is 14.7 Å². The van der Waals surface area contributed by atoms with Crippen LogP contribution in [0.2, 0.25) is 5.02 Å². The molecule has 0 radical (unpaired) electrons. The molecule has 0 aliphatic carbocycles. The van der Waals surface area contributed by atoms with Gasteiger partial charge in [0.25, 0.3) is 5.78 Å². The maximum absolute atomic E-state index is 13.4. The molecule has 0 saturated carbocycles. The van der Waals surface area contributed by atoms with E-state index in [0.717, 1.165) is 11.1 Å². The molecule has 2 heterocycles. The number of hydrogen-bond donors (Lipinski definition) is 1. The molecule has 1 atom stereocenters. The van der Waals surface area contributed by atoms with Crippen LogP contribution < -0.4 is 4.90 Å². The largest absolute Gasteiger partial charge is 0.507 e. The van der Waals surface area contributed by atoms with E-state index in [0.29, 0.717) is 26.2 Å². The second kappa shape index (κ2) is 11.0. The molecule has 3 aromatic carbocycles. The smallest absolute Gasteiger partial charge is 0.301 e. The van der Waals surface area contributed by atoms with Crippen LogP contribution in [-0.4, -0.2) is 27.0 Å². The third-order valence-electron chi connectivity index (χ3n) is 6.49. The highest BCUT2D eigenvalue weighted by Gasteiger charge is 2.48. The predicted octanol–water partition coefficient (Wildman–Crippen LogP) is 7.41. The molecule has 1 amide bonds. The zero-order valence-corrected chi connectivity index (χ0v) is 24.0. The SMILES string of the molecule is CC(C)(C)c1ccc(C2/C(=C(/O)c3ccccc3)C(=O)C(=O)N2c2nnc(SCc3ccccc3Cl)s2)cc1. The maximum atomic E-state index is 13.4. The third kappa shape index (κ3) is 5.50. The third-order valence-corrected chi connectivity index (χ3v) is 8.97. The number of aliphatic hydroxyl groups is 1. The molecule has 5 rings (SSSR count). The lowest BCUT2D eigenvalue weighted by Crippen LogP contribution is -2.29. The van der Waals surface area contributed by atoms with Crippen molar-refractivity contribution in [2.24, 2.45) is 0 Å². The van der Waals surface area contributed by atoms with Gasteiger partial charge in [0.15, 0.2) is 4.34 Å². The van der Waals surface area contributed by atoms with Crippen LogP contribution in [0, 0.1) is 0 Å². The number of benzene rings is 3. The zero-order chi connectivity index (χ0) is 27.7. The van der Waals surface area contributed by atoms with E-state index in [9.17, 15) is 14.7 Å². The number of carbonyl (C=O) groups excluding carboxylic acids is 2. The zero-order valence-electron chi connectivity index (χ0n) is 21.6. The van der Waals surface area contributed by atoms with Gasteiger partial charge in [0.2, 0.25) is 5.13 Å². The number of ketones is 1. The molecule has 1 aliphatic rings. The number of carbonyl (C=O) groups is 2. The van der Waals surface area contributed by atoms with Crippen LogP contribution in [0.4, 0.5) is 5.13 Å². The molecule has 0 bridgehead atoms. The Labute approximate surface area is 240 Å². The number of thioether (sulfide) groups is 1. The monoisotopic (exact) mass is 575 g/mol. The standard InChI is InChI=1S/C30H26ClN3O3S2/c1-30(2,3)21-15-13-18(14-16-21)24-23(25(35)19-9-5-4-6-10-19)26(36)27(37)34(24)28-32-33-29(39-28)38-17-20-11-7-8-12-22(20)31/h4-16,24,35H,17H2,1-3H3/b25-23-. The molecule has 0 spiro atoms. The van der Waals surface area contributed by atoms with E-state index in [4.69, 9.17) is 11.6 Å². The van der Waals surface area contributed by atoms with Gasteiger partial charge in [-0.15, -0.1) is 10.2 Å². The van der Waals surface area contributed by atoms with E-state index < -0.39 is 17.7 Å². The molecule has 1 fully saturated rings. The van der Waals surface area contributed by atoms with Crippen LogP contribution in [0.1, 0.15) is 49.1 Å². The highest BCUT2D eigenvalue weighted by molar-refractivity contribution is 8.00. The minimum absolute atomic E-state index is 0.0233. The van der Waals surface area contributed by atoms with Gasteiger partial charge in [0, 0.05) is 16.3 Å². The number of anilines is 1. The molecule has 4 aromatic rings. The lowest BCUT2D eigenvalue weighted by atomic mass is 9.85. The van der Waals surface area contributed by atoms with Gasteiger partial charge in [-0.2, -0.15) is 0 Å². The summed E-state index contributed by atoms with van der Waals surface area (Å²) in [4.78, 5) is 28.2. The second-order valence-electron chi connectivity index (χ2n) is 10.1. The Balaban J connectivity index is 1.55. The van der Waals surface area contributed by atoms with E-state index >= 15 is 0 Å². The fourth-order valence-electron chi connectivity index (χ4n) is 4.38. The number of rotatable bonds is 6. The fraction of sp³-hybridized carbons (Fsp3) is 0.200. The normalized spacial score (nSPS) is 17.1. The van der Waals surface area contributed by atoms with Crippen LogP contribution >= 0.6 is 34.7 Å². The van der Waals surface area contributed by atoms with Crippen molar-refractivity contribution in [2.45, 2.75) is 42.3 Å². The van der Waals surface area contributed by atoms with Crippen LogP contribution in [-0.2, 0) is 20.8 Å². The lowest BCUT2D eigenvalue weighted by molar-refractivity contribution is -0.132. The van der Waals surface area contributed by atoms with E-state index in [1.54, 1.807) is 24.3 Å². The van der Waals surface area contributed by atoms with Crippen molar-refractivity contribution in [3.8, 4) is 0 Å². The predicted molar refractivity (Wildman–Crippen MR) is 157 cm³/mol. The number of Topliss-reactive ketones (excluding diaryl/α,β-unsaturated/α-hetero) is 1. The van der Waals surface area contributed by atoms with Crippen molar-refractivity contribution >= 4 is 57.3 Å². The average Bonchev–Trinajstić information content (AvgIpc) is 3.50. The molecule has 1 aromatic heterocycles. The molecule has 6 nitrogen and oxygen atoms in total. The van der Waals surface area contributed by atoms with Crippen molar-refractivity contribution in [2.75, 3.05) is 4.90 Å². The van der Waals surface area contributed by atoms with Crippen LogP contribution in [0.15, 0.2) is 88.8 Å². The second-order valence-corrected chi connectivity index (χ2v) is 12.7. The quantitative estimate of drug-likeness (QED) is 0.0847. The lowest BCUT2D eigenvalue weighted by Gasteiger charge is -2.24. The molecule has 9 heteroatoms. The molecule has 198 valence electrons. The van der Waals surface area contributed by atoms with Crippen molar-refractivity contribution in [3.05, 3.63) is 112 Å². The van der Waals surface area contributed by atoms with Gasteiger partial charge in [-0.3, -0.25) is 14.5 Å². The van der Waals surface area contributed by atoms with E-state index in [1.807, 2.05) is 54.6 Å². The average molecular weight is 576 g/mol. The maximum Gasteiger partial charge on any atom is 0.301 e. The van der Waals surface area contributed by atoms with Gasteiger partial charge in [0.05, 0.1) is 11.6 Å². The number of halogens is 1. The molecular weight excluding hydrogens is 550 g/mol. The molecule has 1 aliphatic heterocycles. The van der Waals surface area contributed by atoms with Gasteiger partial charge < -0.3 is 5.11 Å². The van der Waals surface area contributed by atoms with Gasteiger partial charge in [-0.1, -0.05) is 128 Å². The number of amides is 1. The summed E-state index contributed by atoms with van der Waals surface area (Å²) in [7, 11) is 0. The summed E-state index contributed by atoms with van der Waals surface area (Å²) in [6.07, 6.45) is 0. The number of hydrogen-bond acceptors (Lipinski definition) is 7. The fourth-order valence-corrected chi connectivity index (χ4v) is 6.53. The Morgan fingerprint density at radius 2 is 1.64 bits per heavy atom. The summed E-state index contributed by atoms with van der Waals surface area (Å²) in [5.41, 5.74) is 3.18. The van der Waals surface area contributed by atoms with Crippen molar-refractivity contribution in [1.82, 2.24) is 10.2 Å². The summed E-state index contributed by atoms with van der Waals surface area (Å²) in [5, 5.41) is 20.8. The highest BCUT2D eigenvalue weighted by Crippen LogP contribution is 2.44. The Morgan fingerprint density at radius 3 is 2.31 bits per heavy atom. The number of aromatic nitrogens is 2. The molecule has 1 saturated heterocycles. The number of nitrogens with zero attached hydrogens (tertiary/aromatic N) is 3. The molecule has 1 unspecified atom stereocenters. The Morgan fingerprint density at radius 1 is 0.974 bits per heavy atom. The first-order chi connectivity index (χ1) is 18.6. The van der Waals surface area contributed by atoms with E-state index in [1.165, 1.54) is 28.0 Å². The van der Waals surface area contributed by atoms with Gasteiger partial charge in [-0.05, 0) is 28.2 Å². The topological polar surface area (TPSA) is 83.4 Å². The van der Waals surface area contributed by atoms with Crippen molar-refractivity contribution in [3.63, 3.8) is 0 Å². The minimum atomic E-state index is -0.853. The first kappa shape index (κ1) is 27.1. The van der Waals surface area contributed by atoms with Gasteiger partial charge >= 0.3 is 5.91 Å². The highest BCUT2D eigenvalue weighted by atomic mass is 35.5. The van der Waals surface area contributed by atoms with E-state index in [-0.39, 0.29) is 21.9 Å². The Hall–Kier alpha value is -3.46. The Bertz CT molecular complexity index is 1560. The summed E-state index contributed by atoms with van der Waals surface area (Å²) in [6, 6.07) is 23.3. The van der Waals surface area contributed by atoms with Crippen LogP contribution in [0.5, 0.6) is 0 Å². The molecular formula is C30H26ClN3O3S2.